The second-order valence-electron chi connectivity index (χ2n) is 2.41. The Balaban J connectivity index is 3.41. The Kier molecular flexibility index (Phi) is 10.7. The van der Waals surface area contributed by atoms with Gasteiger partial charge in [-0.2, -0.15) is 0 Å². The van der Waals surface area contributed by atoms with Gasteiger partial charge in [0, 0.05) is 0 Å². The van der Waals surface area contributed by atoms with Gasteiger partial charge in [-0.05, 0) is 13.8 Å². The molecule has 0 aromatic heterocycles. The highest BCUT2D eigenvalue weighted by Crippen LogP contribution is 1.75. The summed E-state index contributed by atoms with van der Waals surface area (Å²) in [5, 5.41) is 0. The fraction of sp³-hybridized carbons (Fsp3) is 0.429. The van der Waals surface area contributed by atoms with E-state index in [-0.39, 0.29) is 0 Å². The van der Waals surface area contributed by atoms with Gasteiger partial charge in [0.25, 0.3) is 0 Å². The summed E-state index contributed by atoms with van der Waals surface area (Å²) in [6.07, 6.45) is 1.22. The van der Waals surface area contributed by atoms with E-state index in [4.69, 9.17) is 4.74 Å². The summed E-state index contributed by atoms with van der Waals surface area (Å²) in [5.41, 5.74) is 0. The van der Waals surface area contributed by atoms with E-state index in [1.807, 2.05) is 0 Å². The summed E-state index contributed by atoms with van der Waals surface area (Å²) in [5.74, 6) is 22.7. The molecule has 15 heavy (non-hydrogen) atoms. The van der Waals surface area contributed by atoms with Crippen LogP contribution in [-0.2, 0) is 4.74 Å². The molecule has 1 nitrogen and oxygen atoms in total. The Morgan fingerprint density at radius 1 is 0.667 bits per heavy atom. The van der Waals surface area contributed by atoms with E-state index in [1.165, 1.54) is 0 Å². The first-order valence-corrected chi connectivity index (χ1v) is 4.70. The van der Waals surface area contributed by atoms with Crippen molar-refractivity contribution in [3.05, 3.63) is 0 Å². The van der Waals surface area contributed by atoms with Crippen molar-refractivity contribution in [2.24, 2.45) is 0 Å². The molecule has 0 amide bonds. The molecule has 0 atom stereocenters. The standard InChI is InChI=1S/C14H14O/c1-3-5-7-9-11-13-15-14-12-10-8-6-4-2/h7-8,13-14H2,1-2H3. The average Bonchev–Trinajstić information content (AvgIpc) is 2.26. The van der Waals surface area contributed by atoms with Crippen molar-refractivity contribution < 1.29 is 4.74 Å². The smallest absolute Gasteiger partial charge is 0.109 e. The topological polar surface area (TPSA) is 9.23 Å². The summed E-state index contributed by atoms with van der Waals surface area (Å²) in [6.45, 7) is 4.43. The second kappa shape index (κ2) is 12.2. The fourth-order valence-electron chi connectivity index (χ4n) is 0.645. The van der Waals surface area contributed by atoms with Crippen LogP contribution in [0.5, 0.6) is 0 Å². The predicted octanol–water partition coefficient (Wildman–Crippen LogP) is 1.84. The maximum atomic E-state index is 5.15. The third-order valence-corrected chi connectivity index (χ3v) is 1.31. The molecule has 0 saturated heterocycles. The van der Waals surface area contributed by atoms with Crippen LogP contribution < -0.4 is 0 Å². The first kappa shape index (κ1) is 13.2. The minimum Gasteiger partial charge on any atom is -0.356 e. The molecule has 0 aliphatic heterocycles. The lowest BCUT2D eigenvalue weighted by Gasteiger charge is -1.88. The lowest BCUT2D eigenvalue weighted by molar-refractivity contribution is 0.204. The summed E-state index contributed by atoms with van der Waals surface area (Å²) in [6, 6.07) is 0. The van der Waals surface area contributed by atoms with Gasteiger partial charge in [-0.1, -0.05) is 35.5 Å². The monoisotopic (exact) mass is 198 g/mol. The predicted molar refractivity (Wildman–Crippen MR) is 62.5 cm³/mol. The highest BCUT2D eigenvalue weighted by molar-refractivity contribution is 5.12. The highest BCUT2D eigenvalue weighted by Gasteiger charge is 1.76. The van der Waals surface area contributed by atoms with Crippen LogP contribution >= 0.6 is 0 Å². The zero-order valence-corrected chi connectivity index (χ0v) is 9.24. The molecule has 0 N–H and O–H groups in total. The SMILES string of the molecule is CC#CCC#CCOCC#CCC#CC. The van der Waals surface area contributed by atoms with Gasteiger partial charge in [0.2, 0.25) is 0 Å². The number of hydrogen-bond donors (Lipinski definition) is 0. The molecule has 0 unspecified atom stereocenters. The van der Waals surface area contributed by atoms with Crippen molar-refractivity contribution in [3.63, 3.8) is 0 Å². The van der Waals surface area contributed by atoms with Crippen LogP contribution in [0.2, 0.25) is 0 Å². The Bertz CT molecular complexity index is 348. The molecule has 0 aliphatic rings. The molecular weight excluding hydrogens is 184 g/mol. The van der Waals surface area contributed by atoms with Gasteiger partial charge in [0.15, 0.2) is 0 Å². The van der Waals surface area contributed by atoms with Crippen LogP contribution in [0.1, 0.15) is 26.7 Å². The normalized spacial score (nSPS) is 6.53. The molecular formula is C14H14O. The summed E-state index contributed by atoms with van der Waals surface area (Å²) < 4.78 is 5.15. The van der Waals surface area contributed by atoms with E-state index < -0.39 is 0 Å². The van der Waals surface area contributed by atoms with E-state index in [0.717, 1.165) is 0 Å². The first-order chi connectivity index (χ1) is 7.41. The average molecular weight is 198 g/mol. The van der Waals surface area contributed by atoms with E-state index in [0.29, 0.717) is 26.1 Å². The third-order valence-electron chi connectivity index (χ3n) is 1.31. The molecule has 0 radical (unpaired) electrons. The highest BCUT2D eigenvalue weighted by atomic mass is 16.5. The molecule has 0 aliphatic carbocycles. The van der Waals surface area contributed by atoms with Crippen molar-refractivity contribution in [2.45, 2.75) is 26.7 Å². The quantitative estimate of drug-likeness (QED) is 0.486. The van der Waals surface area contributed by atoms with E-state index in [2.05, 4.69) is 47.4 Å². The van der Waals surface area contributed by atoms with Crippen LogP contribution in [0.4, 0.5) is 0 Å². The summed E-state index contributed by atoms with van der Waals surface area (Å²) >= 11 is 0. The molecule has 0 saturated carbocycles. The Hall–Kier alpha value is -1.80. The zero-order chi connectivity index (χ0) is 11.2. The van der Waals surface area contributed by atoms with Gasteiger partial charge in [0.1, 0.15) is 13.2 Å². The Morgan fingerprint density at radius 2 is 1.13 bits per heavy atom. The van der Waals surface area contributed by atoms with Crippen molar-refractivity contribution in [1.82, 2.24) is 0 Å². The third kappa shape index (κ3) is 12.2. The lowest BCUT2D eigenvalue weighted by atomic mass is 10.4. The Labute approximate surface area is 92.6 Å². The molecule has 0 bridgehead atoms. The van der Waals surface area contributed by atoms with Gasteiger partial charge < -0.3 is 4.74 Å². The molecule has 1 heteroatoms. The van der Waals surface area contributed by atoms with Crippen LogP contribution in [0.15, 0.2) is 0 Å². The van der Waals surface area contributed by atoms with E-state index in [9.17, 15) is 0 Å². The van der Waals surface area contributed by atoms with Gasteiger partial charge in [-0.3, -0.25) is 0 Å². The van der Waals surface area contributed by atoms with Gasteiger partial charge in [-0.15, -0.1) is 11.8 Å². The first-order valence-electron chi connectivity index (χ1n) is 4.70. The second-order valence-corrected chi connectivity index (χ2v) is 2.41. The summed E-state index contributed by atoms with van der Waals surface area (Å²) in [7, 11) is 0. The molecule has 0 spiro atoms. The fourth-order valence-corrected chi connectivity index (χ4v) is 0.645. The summed E-state index contributed by atoms with van der Waals surface area (Å²) in [4.78, 5) is 0. The molecule has 0 aromatic rings. The minimum absolute atomic E-state index is 0.416. The molecule has 0 aromatic carbocycles. The molecule has 0 heterocycles. The van der Waals surface area contributed by atoms with E-state index >= 15 is 0 Å². The lowest BCUT2D eigenvalue weighted by Crippen LogP contribution is -1.90. The van der Waals surface area contributed by atoms with Crippen LogP contribution in [-0.4, -0.2) is 13.2 Å². The van der Waals surface area contributed by atoms with Crippen molar-refractivity contribution in [2.75, 3.05) is 13.2 Å². The zero-order valence-electron chi connectivity index (χ0n) is 9.24. The number of hydrogen-bond acceptors (Lipinski definition) is 1. The van der Waals surface area contributed by atoms with Gasteiger partial charge >= 0.3 is 0 Å². The van der Waals surface area contributed by atoms with Crippen molar-refractivity contribution >= 4 is 0 Å². The maximum absolute atomic E-state index is 5.15. The van der Waals surface area contributed by atoms with Crippen LogP contribution in [0, 0.1) is 47.4 Å². The number of rotatable bonds is 2. The Morgan fingerprint density at radius 3 is 1.53 bits per heavy atom. The van der Waals surface area contributed by atoms with Gasteiger partial charge in [-0.25, -0.2) is 0 Å². The van der Waals surface area contributed by atoms with Crippen LogP contribution in [0.25, 0.3) is 0 Å². The van der Waals surface area contributed by atoms with Crippen LogP contribution in [0.3, 0.4) is 0 Å². The largest absolute Gasteiger partial charge is 0.356 e. The maximum Gasteiger partial charge on any atom is 0.109 e. The van der Waals surface area contributed by atoms with E-state index in [1.54, 1.807) is 13.8 Å². The molecule has 76 valence electrons. The molecule has 0 fully saturated rings. The van der Waals surface area contributed by atoms with Gasteiger partial charge in [0.05, 0.1) is 12.8 Å². The van der Waals surface area contributed by atoms with Crippen molar-refractivity contribution in [3.8, 4) is 47.4 Å². The minimum atomic E-state index is 0.416. The molecule has 0 rings (SSSR count). The number of ether oxygens (including phenoxy) is 1. The van der Waals surface area contributed by atoms with Crippen molar-refractivity contribution in [1.29, 1.82) is 0 Å².